The van der Waals surface area contributed by atoms with Gasteiger partial charge in [-0.3, -0.25) is 9.59 Å². The molecular formula is C20H19ClF2N4O4. The maximum absolute atomic E-state index is 12.9. The minimum absolute atomic E-state index is 0.0184. The van der Waals surface area contributed by atoms with E-state index in [0.717, 1.165) is 0 Å². The molecule has 0 unspecified atom stereocenters. The molecule has 0 radical (unpaired) electrons. The second-order valence-corrected chi connectivity index (χ2v) is 6.65. The van der Waals surface area contributed by atoms with Crippen LogP contribution >= 0.6 is 11.6 Å². The molecule has 1 heterocycles. The topological polar surface area (TPSA) is 130 Å². The number of pyridine rings is 1. The third-order valence-electron chi connectivity index (χ3n) is 3.56. The van der Waals surface area contributed by atoms with Crippen molar-refractivity contribution in [2.45, 2.75) is 13.0 Å². The lowest BCUT2D eigenvalue weighted by molar-refractivity contribution is 0.1000. The molecule has 11 heteroatoms. The van der Waals surface area contributed by atoms with E-state index in [4.69, 9.17) is 32.5 Å². The zero-order valence-electron chi connectivity index (χ0n) is 16.3. The van der Waals surface area contributed by atoms with Gasteiger partial charge in [-0.25, -0.2) is 13.8 Å². The first kappa shape index (κ1) is 23.7. The molecule has 0 bridgehead atoms. The second kappa shape index (κ2) is 11.0. The number of benzene rings is 1. The molecular weight excluding hydrogens is 434 g/mol. The number of halogens is 3. The van der Waals surface area contributed by atoms with E-state index < -0.39 is 25.4 Å². The van der Waals surface area contributed by atoms with Crippen LogP contribution < -0.4 is 20.9 Å². The molecule has 164 valence electrons. The number of hydrogen-bond donors (Lipinski definition) is 2. The zero-order chi connectivity index (χ0) is 23.0. The smallest absolute Gasteiger partial charge is 0.279 e. The van der Waals surface area contributed by atoms with E-state index in [0.29, 0.717) is 12.0 Å². The predicted octanol–water partition coefficient (Wildman–Crippen LogP) is 3.39. The van der Waals surface area contributed by atoms with Crippen LogP contribution in [0.5, 0.6) is 17.4 Å². The summed E-state index contributed by atoms with van der Waals surface area (Å²) in [5, 5.41) is 0.0278. The fraction of sp³-hybridized carbons (Fsp3) is 0.200. The fourth-order valence-electron chi connectivity index (χ4n) is 2.26. The Bertz CT molecular complexity index is 1020. The highest BCUT2D eigenvalue weighted by molar-refractivity contribution is 6.32. The number of nitrogens with two attached hydrogens (primary N) is 2. The molecule has 0 atom stereocenters. The summed E-state index contributed by atoms with van der Waals surface area (Å²) in [5.74, 6) is -1.03. The second-order valence-electron chi connectivity index (χ2n) is 6.25. The zero-order valence-corrected chi connectivity index (χ0v) is 17.1. The van der Waals surface area contributed by atoms with Crippen LogP contribution in [0, 0.1) is 0 Å². The fourth-order valence-corrected chi connectivity index (χ4v) is 2.47. The van der Waals surface area contributed by atoms with E-state index in [-0.39, 0.29) is 39.4 Å². The first-order valence-corrected chi connectivity index (χ1v) is 9.18. The number of aldehydes is 1. The van der Waals surface area contributed by atoms with Crippen LogP contribution in [0.2, 0.25) is 5.02 Å². The van der Waals surface area contributed by atoms with Gasteiger partial charge in [0.15, 0.2) is 12.4 Å². The number of alkyl halides is 2. The molecule has 0 saturated carbocycles. The molecule has 0 spiro atoms. The predicted molar refractivity (Wildman–Crippen MR) is 111 cm³/mol. The Kier molecular flexibility index (Phi) is 8.44. The van der Waals surface area contributed by atoms with Gasteiger partial charge < -0.3 is 20.9 Å². The normalized spacial score (nSPS) is 12.0. The van der Waals surface area contributed by atoms with Gasteiger partial charge in [0.05, 0.1) is 0 Å². The average Bonchev–Trinajstić information content (AvgIpc) is 2.72. The van der Waals surface area contributed by atoms with Crippen molar-refractivity contribution in [2.24, 2.45) is 16.5 Å². The molecule has 1 amide bonds. The van der Waals surface area contributed by atoms with Crippen molar-refractivity contribution in [2.75, 3.05) is 13.3 Å². The minimum atomic E-state index is -1.37. The summed E-state index contributed by atoms with van der Waals surface area (Å²) >= 11 is 6.05. The van der Waals surface area contributed by atoms with Crippen LogP contribution in [0.25, 0.3) is 0 Å². The number of allylic oxidation sites excluding steroid dienone is 1. The van der Waals surface area contributed by atoms with E-state index in [1.165, 1.54) is 36.5 Å². The highest BCUT2D eigenvalue weighted by Crippen LogP contribution is 2.31. The highest BCUT2D eigenvalue weighted by Gasteiger charge is 2.16. The number of amides is 1. The molecule has 0 aliphatic heterocycles. The summed E-state index contributed by atoms with van der Waals surface area (Å²) in [6, 6.07) is 5.14. The number of aromatic nitrogens is 1. The third-order valence-corrected chi connectivity index (χ3v) is 3.83. The lowest BCUT2D eigenvalue weighted by Gasteiger charge is -2.15. The van der Waals surface area contributed by atoms with Crippen LogP contribution in [0.15, 0.2) is 47.2 Å². The van der Waals surface area contributed by atoms with Crippen molar-refractivity contribution in [3.8, 4) is 17.4 Å². The molecule has 1 aromatic carbocycles. The first-order valence-electron chi connectivity index (χ1n) is 8.80. The van der Waals surface area contributed by atoms with Gasteiger partial charge >= 0.3 is 0 Å². The molecule has 0 aliphatic carbocycles. The van der Waals surface area contributed by atoms with Crippen molar-refractivity contribution in [3.63, 3.8) is 0 Å². The summed E-state index contributed by atoms with van der Waals surface area (Å²) in [7, 11) is 0. The van der Waals surface area contributed by atoms with E-state index in [1.54, 1.807) is 6.92 Å². The van der Waals surface area contributed by atoms with E-state index >= 15 is 0 Å². The van der Waals surface area contributed by atoms with Gasteiger partial charge in [0.2, 0.25) is 5.88 Å². The van der Waals surface area contributed by atoms with Crippen molar-refractivity contribution >= 4 is 29.6 Å². The lowest BCUT2D eigenvalue weighted by Crippen LogP contribution is -2.21. The maximum Gasteiger partial charge on any atom is 0.279 e. The van der Waals surface area contributed by atoms with Crippen molar-refractivity contribution in [1.82, 2.24) is 4.98 Å². The monoisotopic (exact) mass is 452 g/mol. The number of hydrogen-bond acceptors (Lipinski definition) is 6. The number of aliphatic imine (C=N–C) groups is 1. The van der Waals surface area contributed by atoms with Gasteiger partial charge in [-0.15, -0.1) is 0 Å². The number of rotatable bonds is 9. The van der Waals surface area contributed by atoms with Crippen molar-refractivity contribution in [1.29, 1.82) is 0 Å². The highest BCUT2D eigenvalue weighted by atomic mass is 35.5. The molecule has 4 N–H and O–H groups in total. The number of ether oxygens (including phenoxy) is 2. The summed E-state index contributed by atoms with van der Waals surface area (Å²) < 4.78 is 36.6. The SMILES string of the molecule is C/C(N)=C/C(N)=NC(=O)c1cc(Oc2ncc(C=O)cc2Cl)cc(OC(CF)CF)c1. The van der Waals surface area contributed by atoms with Gasteiger partial charge in [0.1, 0.15) is 35.7 Å². The summed E-state index contributed by atoms with van der Waals surface area (Å²) in [4.78, 5) is 30.9. The Balaban J connectivity index is 2.44. The molecule has 2 rings (SSSR count). The third kappa shape index (κ3) is 7.03. The number of nitrogens with zero attached hydrogens (tertiary/aromatic N) is 2. The standard InChI is InChI=1S/C20H19ClF2N4O4/c1-11(24)2-18(25)27-19(29)13-4-14(30-16(7-22)8-23)6-15(5-13)31-20-17(21)3-12(10-28)9-26-20/h2-6,9-10,16H,7-8,24H2,1H3,(H2,25,27,29)/b11-2-. The number of carbonyl (C=O) groups is 2. The molecule has 0 fully saturated rings. The van der Waals surface area contributed by atoms with Gasteiger partial charge in [0.25, 0.3) is 5.91 Å². The van der Waals surface area contributed by atoms with Gasteiger partial charge in [-0.1, -0.05) is 11.6 Å². The Morgan fingerprint density at radius 1 is 1.23 bits per heavy atom. The van der Waals surface area contributed by atoms with Crippen molar-refractivity contribution in [3.05, 3.63) is 58.4 Å². The Labute approximate surface area is 181 Å². The molecule has 1 aromatic heterocycles. The van der Waals surface area contributed by atoms with Gasteiger partial charge in [0, 0.05) is 29.1 Å². The maximum atomic E-state index is 12.9. The largest absolute Gasteiger partial charge is 0.485 e. The Morgan fingerprint density at radius 3 is 2.48 bits per heavy atom. The van der Waals surface area contributed by atoms with Gasteiger partial charge in [-0.05, 0) is 31.2 Å². The van der Waals surface area contributed by atoms with Crippen LogP contribution in [0.1, 0.15) is 27.6 Å². The summed E-state index contributed by atoms with van der Waals surface area (Å²) in [5.41, 5.74) is 11.7. The molecule has 2 aromatic rings. The lowest BCUT2D eigenvalue weighted by atomic mass is 10.2. The van der Waals surface area contributed by atoms with Gasteiger partial charge in [-0.2, -0.15) is 4.99 Å². The minimum Gasteiger partial charge on any atom is -0.485 e. The van der Waals surface area contributed by atoms with Crippen LogP contribution in [0.4, 0.5) is 8.78 Å². The van der Waals surface area contributed by atoms with E-state index in [2.05, 4.69) is 9.98 Å². The first-order chi connectivity index (χ1) is 14.7. The summed E-state index contributed by atoms with van der Waals surface area (Å²) in [6.07, 6.45) is 1.70. The summed E-state index contributed by atoms with van der Waals surface area (Å²) in [6.45, 7) is -0.609. The number of carbonyl (C=O) groups excluding carboxylic acids is 2. The number of amidine groups is 1. The van der Waals surface area contributed by atoms with E-state index in [9.17, 15) is 18.4 Å². The van der Waals surface area contributed by atoms with Crippen molar-refractivity contribution < 1.29 is 27.8 Å². The molecule has 8 nitrogen and oxygen atoms in total. The molecule has 0 saturated heterocycles. The van der Waals surface area contributed by atoms with E-state index in [1.807, 2.05) is 0 Å². The van der Waals surface area contributed by atoms with Crippen LogP contribution in [-0.4, -0.2) is 42.5 Å². The van der Waals surface area contributed by atoms with Crippen LogP contribution in [-0.2, 0) is 0 Å². The average molecular weight is 453 g/mol. The quantitative estimate of drug-likeness (QED) is 0.339. The molecule has 31 heavy (non-hydrogen) atoms. The Hall–Kier alpha value is -3.53. The Morgan fingerprint density at radius 2 is 1.90 bits per heavy atom. The molecule has 0 aliphatic rings. The van der Waals surface area contributed by atoms with Crippen LogP contribution in [0.3, 0.4) is 0 Å².